The van der Waals surface area contributed by atoms with E-state index in [1.54, 1.807) is 0 Å². The van der Waals surface area contributed by atoms with Crippen molar-refractivity contribution in [1.29, 1.82) is 0 Å². The van der Waals surface area contributed by atoms with Crippen molar-refractivity contribution in [2.24, 2.45) is 0 Å². The molecule has 0 aliphatic heterocycles. The molecule has 0 aliphatic carbocycles. The minimum absolute atomic E-state index is 1.23. The summed E-state index contributed by atoms with van der Waals surface area (Å²) in [6.45, 7) is 0. The van der Waals surface area contributed by atoms with Gasteiger partial charge in [0, 0.05) is 0 Å². The summed E-state index contributed by atoms with van der Waals surface area (Å²) in [4.78, 5) is 0. The molecule has 0 amide bonds. The first-order valence-corrected chi connectivity index (χ1v) is 14.5. The Kier molecular flexibility index (Phi) is 5.90. The topological polar surface area (TPSA) is 0 Å². The molecule has 0 atom stereocenters. The van der Waals surface area contributed by atoms with Crippen molar-refractivity contribution in [2.45, 2.75) is 0 Å². The Balaban J connectivity index is 1.14. The van der Waals surface area contributed by atoms with E-state index in [0.29, 0.717) is 0 Å². The molecule has 0 spiro atoms. The van der Waals surface area contributed by atoms with Gasteiger partial charge < -0.3 is 0 Å². The van der Waals surface area contributed by atoms with E-state index < -0.39 is 0 Å². The molecule has 0 fully saturated rings. The zero-order valence-electron chi connectivity index (χ0n) is 23.2. The van der Waals surface area contributed by atoms with Crippen LogP contribution in [0.5, 0.6) is 0 Å². The molecule has 0 bridgehead atoms. The lowest BCUT2D eigenvalue weighted by atomic mass is 9.91. The third-order valence-electron chi connectivity index (χ3n) is 8.46. The standard InChI is InChI=1S/C42H28/c1-2-8-29(9-3-1)34-21-23-37-27-35(22-24-36(37)26-34)31-16-19-32(20-17-31)39-12-6-15-42-40(13-7-14-41(39)42)38-25-18-30-10-4-5-11-33(30)28-38/h1-28H. The second-order valence-electron chi connectivity index (χ2n) is 11.0. The van der Waals surface area contributed by atoms with Crippen molar-refractivity contribution in [2.75, 3.05) is 0 Å². The number of rotatable bonds is 4. The van der Waals surface area contributed by atoms with E-state index in [2.05, 4.69) is 170 Å². The maximum Gasteiger partial charge on any atom is -0.00992 e. The lowest BCUT2D eigenvalue weighted by molar-refractivity contribution is 1.61. The van der Waals surface area contributed by atoms with E-state index in [0.717, 1.165) is 0 Å². The average Bonchev–Trinajstić information content (AvgIpc) is 3.07. The summed E-state index contributed by atoms with van der Waals surface area (Å²) in [6, 6.07) is 61.8. The lowest BCUT2D eigenvalue weighted by Crippen LogP contribution is -1.86. The highest BCUT2D eigenvalue weighted by Crippen LogP contribution is 2.37. The van der Waals surface area contributed by atoms with Crippen molar-refractivity contribution in [1.82, 2.24) is 0 Å². The Morgan fingerprint density at radius 2 is 0.643 bits per heavy atom. The SMILES string of the molecule is c1ccc(-c2ccc3cc(-c4ccc(-c5cccc6c(-c7ccc8ccccc8c7)cccc56)cc4)ccc3c2)cc1. The summed E-state index contributed by atoms with van der Waals surface area (Å²) in [5.74, 6) is 0. The van der Waals surface area contributed by atoms with Gasteiger partial charge in [0.2, 0.25) is 0 Å². The monoisotopic (exact) mass is 532 g/mol. The van der Waals surface area contributed by atoms with Crippen LogP contribution >= 0.6 is 0 Å². The predicted molar refractivity (Wildman–Crippen MR) is 181 cm³/mol. The van der Waals surface area contributed by atoms with Crippen LogP contribution in [0.25, 0.3) is 76.8 Å². The molecule has 0 heterocycles. The molecule has 0 saturated heterocycles. The molecule has 8 rings (SSSR count). The van der Waals surface area contributed by atoms with Crippen molar-refractivity contribution in [3.8, 4) is 44.5 Å². The zero-order chi connectivity index (χ0) is 27.9. The van der Waals surface area contributed by atoms with Gasteiger partial charge in [-0.2, -0.15) is 0 Å². The fraction of sp³-hybridized carbons (Fsp3) is 0. The molecule has 8 aromatic rings. The molecule has 0 aromatic heterocycles. The summed E-state index contributed by atoms with van der Waals surface area (Å²) >= 11 is 0. The van der Waals surface area contributed by atoms with Gasteiger partial charge in [0.1, 0.15) is 0 Å². The first-order valence-electron chi connectivity index (χ1n) is 14.5. The maximum atomic E-state index is 2.30. The van der Waals surface area contributed by atoms with Crippen LogP contribution in [0.4, 0.5) is 0 Å². The average molecular weight is 533 g/mol. The number of hydrogen-bond donors (Lipinski definition) is 0. The quantitative estimate of drug-likeness (QED) is 0.211. The maximum absolute atomic E-state index is 2.30. The highest BCUT2D eigenvalue weighted by molar-refractivity contribution is 6.05. The van der Waals surface area contributed by atoms with Crippen LogP contribution in [0.2, 0.25) is 0 Å². The summed E-state index contributed by atoms with van der Waals surface area (Å²) in [7, 11) is 0. The Labute approximate surface area is 246 Å². The van der Waals surface area contributed by atoms with Crippen LogP contribution in [0, 0.1) is 0 Å². The number of benzene rings is 8. The minimum atomic E-state index is 1.23. The van der Waals surface area contributed by atoms with Crippen molar-refractivity contribution in [3.05, 3.63) is 170 Å². The second-order valence-corrected chi connectivity index (χ2v) is 11.0. The summed E-state index contributed by atoms with van der Waals surface area (Å²) in [5, 5.41) is 7.60. The van der Waals surface area contributed by atoms with Crippen LogP contribution in [0.15, 0.2) is 170 Å². The van der Waals surface area contributed by atoms with Crippen LogP contribution in [0.3, 0.4) is 0 Å². The van der Waals surface area contributed by atoms with E-state index >= 15 is 0 Å². The third-order valence-corrected chi connectivity index (χ3v) is 8.46. The number of fused-ring (bicyclic) bond motifs is 3. The van der Waals surface area contributed by atoms with Crippen LogP contribution in [0.1, 0.15) is 0 Å². The molecule has 0 saturated carbocycles. The van der Waals surface area contributed by atoms with Gasteiger partial charge in [-0.05, 0) is 95.0 Å². The third kappa shape index (κ3) is 4.35. The highest BCUT2D eigenvalue weighted by Gasteiger charge is 2.10. The van der Waals surface area contributed by atoms with E-state index in [4.69, 9.17) is 0 Å². The highest BCUT2D eigenvalue weighted by atomic mass is 14.1. The van der Waals surface area contributed by atoms with Crippen molar-refractivity contribution < 1.29 is 0 Å². The van der Waals surface area contributed by atoms with Gasteiger partial charge in [-0.25, -0.2) is 0 Å². The normalized spacial score (nSPS) is 11.3. The zero-order valence-corrected chi connectivity index (χ0v) is 23.2. The van der Waals surface area contributed by atoms with E-state index in [1.807, 2.05) is 0 Å². The number of hydrogen-bond acceptors (Lipinski definition) is 0. The summed E-state index contributed by atoms with van der Waals surface area (Å²) in [5.41, 5.74) is 9.96. The molecule has 8 aromatic carbocycles. The van der Waals surface area contributed by atoms with Gasteiger partial charge in [0.15, 0.2) is 0 Å². The molecule has 0 nitrogen and oxygen atoms in total. The fourth-order valence-electron chi connectivity index (χ4n) is 6.25. The molecule has 0 unspecified atom stereocenters. The molecule has 196 valence electrons. The minimum Gasteiger partial charge on any atom is -0.0622 e. The first kappa shape index (κ1) is 24.3. The van der Waals surface area contributed by atoms with Gasteiger partial charge in [-0.3, -0.25) is 0 Å². The molecular weight excluding hydrogens is 504 g/mol. The first-order chi connectivity index (χ1) is 20.8. The molecule has 0 radical (unpaired) electrons. The largest absolute Gasteiger partial charge is 0.0622 e. The van der Waals surface area contributed by atoms with Gasteiger partial charge in [-0.15, -0.1) is 0 Å². The second kappa shape index (κ2) is 10.2. The van der Waals surface area contributed by atoms with E-state index in [-0.39, 0.29) is 0 Å². The molecule has 0 aliphatic rings. The van der Waals surface area contributed by atoms with Gasteiger partial charge in [0.05, 0.1) is 0 Å². The Morgan fingerprint density at radius 3 is 1.31 bits per heavy atom. The molecular formula is C42H28. The van der Waals surface area contributed by atoms with Gasteiger partial charge in [0.25, 0.3) is 0 Å². The summed E-state index contributed by atoms with van der Waals surface area (Å²) < 4.78 is 0. The summed E-state index contributed by atoms with van der Waals surface area (Å²) in [6.07, 6.45) is 0. The molecule has 0 N–H and O–H groups in total. The van der Waals surface area contributed by atoms with Crippen molar-refractivity contribution >= 4 is 32.3 Å². The predicted octanol–water partition coefficient (Wildman–Crippen LogP) is 11.8. The fourth-order valence-corrected chi connectivity index (χ4v) is 6.25. The smallest absolute Gasteiger partial charge is 0.00992 e. The molecule has 42 heavy (non-hydrogen) atoms. The van der Waals surface area contributed by atoms with E-state index in [9.17, 15) is 0 Å². The van der Waals surface area contributed by atoms with Crippen LogP contribution in [-0.2, 0) is 0 Å². The van der Waals surface area contributed by atoms with Crippen LogP contribution in [-0.4, -0.2) is 0 Å². The molecule has 0 heteroatoms. The Morgan fingerprint density at radius 1 is 0.214 bits per heavy atom. The van der Waals surface area contributed by atoms with Gasteiger partial charge in [-0.1, -0.05) is 152 Å². The van der Waals surface area contributed by atoms with Crippen molar-refractivity contribution in [3.63, 3.8) is 0 Å². The van der Waals surface area contributed by atoms with Gasteiger partial charge >= 0.3 is 0 Å². The Bertz CT molecular complexity index is 2220. The van der Waals surface area contributed by atoms with E-state index in [1.165, 1.54) is 76.8 Å². The Hall–Kier alpha value is -5.46. The lowest BCUT2D eigenvalue weighted by Gasteiger charge is -2.13. The van der Waals surface area contributed by atoms with Crippen LogP contribution < -0.4 is 0 Å².